The Hall–Kier alpha value is -3.12. The molecule has 2 aromatic carbocycles. The van der Waals surface area contributed by atoms with Gasteiger partial charge in [0.25, 0.3) is 0 Å². The third kappa shape index (κ3) is 2.30. The van der Waals surface area contributed by atoms with Crippen molar-refractivity contribution < 1.29 is 8.98 Å². The maximum absolute atomic E-state index is 9.47. The Bertz CT molecular complexity index is 1190. The second-order valence-corrected chi connectivity index (χ2v) is 6.69. The third-order valence-corrected chi connectivity index (χ3v) is 4.98. The number of aromatic nitrogens is 1. The number of aryl methyl sites for hydroxylation is 4. The highest BCUT2D eigenvalue weighted by Crippen LogP contribution is 2.35. The van der Waals surface area contributed by atoms with Gasteiger partial charge in [-0.2, -0.15) is 5.26 Å². The van der Waals surface area contributed by atoms with Crippen LogP contribution in [0.25, 0.3) is 33.2 Å². The average molecular weight is 327 g/mol. The van der Waals surface area contributed by atoms with Crippen LogP contribution in [0.1, 0.15) is 22.3 Å². The summed E-state index contributed by atoms with van der Waals surface area (Å²) < 4.78 is 8.14. The van der Waals surface area contributed by atoms with Gasteiger partial charge in [-0.25, -0.2) is 4.57 Å². The average Bonchev–Trinajstić information content (AvgIpc) is 2.94. The molecule has 4 aromatic rings. The van der Waals surface area contributed by atoms with Crippen molar-refractivity contribution >= 4 is 21.9 Å². The minimum atomic E-state index is 0.649. The van der Waals surface area contributed by atoms with Crippen molar-refractivity contribution in [2.75, 3.05) is 0 Å². The largest absolute Gasteiger partial charge is 0.456 e. The molecule has 0 spiro atoms. The number of pyridine rings is 1. The molecule has 0 N–H and O–H groups in total. The van der Waals surface area contributed by atoms with Gasteiger partial charge >= 0.3 is 0 Å². The van der Waals surface area contributed by atoms with Gasteiger partial charge in [0.05, 0.1) is 11.6 Å². The van der Waals surface area contributed by atoms with Crippen molar-refractivity contribution in [2.24, 2.45) is 7.05 Å². The molecule has 0 amide bonds. The summed E-state index contributed by atoms with van der Waals surface area (Å²) in [5.41, 5.74) is 8.24. The van der Waals surface area contributed by atoms with Crippen LogP contribution in [0, 0.1) is 32.1 Å². The highest BCUT2D eigenvalue weighted by atomic mass is 16.3. The van der Waals surface area contributed by atoms with Crippen molar-refractivity contribution in [1.29, 1.82) is 5.26 Å². The molecule has 0 unspecified atom stereocenters. The van der Waals surface area contributed by atoms with Crippen molar-refractivity contribution in [2.45, 2.75) is 20.8 Å². The van der Waals surface area contributed by atoms with Crippen molar-refractivity contribution in [3.63, 3.8) is 0 Å². The number of fused-ring (bicyclic) bond motifs is 3. The van der Waals surface area contributed by atoms with Crippen molar-refractivity contribution in [3.8, 4) is 17.3 Å². The van der Waals surface area contributed by atoms with Gasteiger partial charge in [-0.3, -0.25) is 0 Å². The van der Waals surface area contributed by atoms with Gasteiger partial charge in [-0.1, -0.05) is 6.07 Å². The molecule has 25 heavy (non-hydrogen) atoms. The van der Waals surface area contributed by atoms with Crippen LogP contribution in [0.15, 0.2) is 47.0 Å². The summed E-state index contributed by atoms with van der Waals surface area (Å²) in [4.78, 5) is 0. The predicted molar refractivity (Wildman–Crippen MR) is 99.3 cm³/mol. The lowest BCUT2D eigenvalue weighted by Gasteiger charge is -2.07. The SMILES string of the molecule is Cc1cc(-c2cc3c(cc2C)oc2cccc(C#N)c23)[n+](C)cc1C. The first-order valence-electron chi connectivity index (χ1n) is 8.33. The molecule has 122 valence electrons. The van der Waals surface area contributed by atoms with Gasteiger partial charge in [0.15, 0.2) is 6.20 Å². The maximum Gasteiger partial charge on any atom is 0.212 e. The van der Waals surface area contributed by atoms with Crippen LogP contribution in [0.3, 0.4) is 0 Å². The number of nitrogens with zero attached hydrogens (tertiary/aromatic N) is 2. The van der Waals surface area contributed by atoms with Crippen LogP contribution >= 0.6 is 0 Å². The summed E-state index contributed by atoms with van der Waals surface area (Å²) in [6, 6.07) is 14.3. The number of benzene rings is 2. The number of hydrogen-bond donors (Lipinski definition) is 0. The molecule has 0 aliphatic heterocycles. The number of rotatable bonds is 1. The lowest BCUT2D eigenvalue weighted by atomic mass is 9.98. The van der Waals surface area contributed by atoms with Gasteiger partial charge in [-0.15, -0.1) is 0 Å². The van der Waals surface area contributed by atoms with Gasteiger partial charge in [0, 0.05) is 28.0 Å². The molecule has 0 fully saturated rings. The summed E-state index contributed by atoms with van der Waals surface area (Å²) in [7, 11) is 2.07. The highest BCUT2D eigenvalue weighted by Gasteiger charge is 2.18. The van der Waals surface area contributed by atoms with E-state index in [9.17, 15) is 5.26 Å². The molecular formula is C22H19N2O+. The predicted octanol–water partition coefficient (Wildman–Crippen LogP) is 4.87. The molecule has 0 bridgehead atoms. The zero-order valence-electron chi connectivity index (χ0n) is 14.8. The van der Waals surface area contributed by atoms with E-state index in [1.54, 1.807) is 0 Å². The Labute approximate surface area is 146 Å². The van der Waals surface area contributed by atoms with Crippen LogP contribution in [-0.2, 0) is 7.05 Å². The van der Waals surface area contributed by atoms with Gasteiger partial charge in [-0.05, 0) is 56.2 Å². The van der Waals surface area contributed by atoms with E-state index in [1.165, 1.54) is 11.1 Å². The Balaban J connectivity index is 2.10. The van der Waals surface area contributed by atoms with Gasteiger partial charge in [0.2, 0.25) is 5.69 Å². The fourth-order valence-electron chi connectivity index (χ4n) is 3.49. The molecule has 4 rings (SSSR count). The van der Waals surface area contributed by atoms with E-state index in [0.29, 0.717) is 5.56 Å². The molecule has 0 saturated heterocycles. The first kappa shape index (κ1) is 15.4. The summed E-state index contributed by atoms with van der Waals surface area (Å²) in [5.74, 6) is 0. The summed E-state index contributed by atoms with van der Waals surface area (Å²) in [5, 5.41) is 11.4. The molecule has 0 radical (unpaired) electrons. The number of furan rings is 1. The van der Waals surface area contributed by atoms with Gasteiger partial charge in [0.1, 0.15) is 18.2 Å². The Morgan fingerprint density at radius 1 is 0.960 bits per heavy atom. The standard InChI is InChI=1S/C22H19N2O/c1-13-8-19(24(4)12-15(13)3)17-10-18-21(9-14(17)2)25-20-7-5-6-16(11-23)22(18)20/h5-10,12H,1-4H3/q+1. The zero-order valence-corrected chi connectivity index (χ0v) is 14.8. The third-order valence-electron chi connectivity index (χ3n) is 4.98. The Morgan fingerprint density at radius 3 is 2.52 bits per heavy atom. The van der Waals surface area contributed by atoms with E-state index in [0.717, 1.165) is 38.8 Å². The molecule has 0 aliphatic carbocycles. The van der Waals surface area contributed by atoms with E-state index >= 15 is 0 Å². The lowest BCUT2D eigenvalue weighted by Crippen LogP contribution is -2.31. The number of nitriles is 1. The Kier molecular flexibility index (Phi) is 3.36. The van der Waals surface area contributed by atoms with E-state index in [1.807, 2.05) is 18.2 Å². The topological polar surface area (TPSA) is 40.8 Å². The molecule has 3 nitrogen and oxygen atoms in total. The summed E-state index contributed by atoms with van der Waals surface area (Å²) in [6.07, 6.45) is 2.16. The second kappa shape index (κ2) is 5.46. The van der Waals surface area contributed by atoms with E-state index in [-0.39, 0.29) is 0 Å². The lowest BCUT2D eigenvalue weighted by molar-refractivity contribution is -0.660. The molecule has 0 aliphatic rings. The van der Waals surface area contributed by atoms with Crippen LogP contribution in [0.2, 0.25) is 0 Å². The van der Waals surface area contributed by atoms with Crippen molar-refractivity contribution in [3.05, 3.63) is 64.8 Å². The second-order valence-electron chi connectivity index (χ2n) is 6.69. The molecule has 3 heteroatoms. The van der Waals surface area contributed by atoms with E-state index in [4.69, 9.17) is 4.42 Å². The minimum absolute atomic E-state index is 0.649. The first-order chi connectivity index (χ1) is 12.0. The minimum Gasteiger partial charge on any atom is -0.456 e. The van der Waals surface area contributed by atoms with Crippen LogP contribution in [0.4, 0.5) is 0 Å². The van der Waals surface area contributed by atoms with Crippen LogP contribution in [-0.4, -0.2) is 0 Å². The maximum atomic E-state index is 9.47. The Morgan fingerprint density at radius 2 is 1.76 bits per heavy atom. The molecule has 0 saturated carbocycles. The quantitative estimate of drug-likeness (QED) is 0.468. The zero-order chi connectivity index (χ0) is 17.7. The van der Waals surface area contributed by atoms with Crippen LogP contribution in [0.5, 0.6) is 0 Å². The summed E-state index contributed by atoms with van der Waals surface area (Å²) >= 11 is 0. The fourth-order valence-corrected chi connectivity index (χ4v) is 3.49. The normalized spacial score (nSPS) is 11.2. The highest BCUT2D eigenvalue weighted by molar-refractivity contribution is 6.09. The smallest absolute Gasteiger partial charge is 0.212 e. The molecule has 0 atom stereocenters. The van der Waals surface area contributed by atoms with Crippen LogP contribution < -0.4 is 4.57 Å². The molecular weight excluding hydrogens is 308 g/mol. The monoisotopic (exact) mass is 327 g/mol. The molecule has 2 aromatic heterocycles. The number of hydrogen-bond acceptors (Lipinski definition) is 2. The molecule has 2 heterocycles. The van der Waals surface area contributed by atoms with Crippen molar-refractivity contribution in [1.82, 2.24) is 0 Å². The summed E-state index contributed by atoms with van der Waals surface area (Å²) in [6.45, 7) is 6.36. The van der Waals surface area contributed by atoms with Gasteiger partial charge < -0.3 is 4.42 Å². The van der Waals surface area contributed by atoms with E-state index < -0.39 is 0 Å². The van der Waals surface area contributed by atoms with E-state index in [2.05, 4.69) is 62.9 Å². The fraction of sp³-hybridized carbons (Fsp3) is 0.182. The first-order valence-corrected chi connectivity index (χ1v) is 8.33.